The van der Waals surface area contributed by atoms with E-state index >= 15 is 0 Å². The van der Waals surface area contributed by atoms with Gasteiger partial charge in [0.1, 0.15) is 0 Å². The number of hydrogen-bond acceptors (Lipinski definition) is 3. The second-order valence-electron chi connectivity index (χ2n) is 4.92. The van der Waals surface area contributed by atoms with Crippen LogP contribution in [-0.2, 0) is 17.9 Å². The van der Waals surface area contributed by atoms with E-state index in [9.17, 15) is 5.26 Å². The Kier molecular flexibility index (Phi) is 5.96. The van der Waals surface area contributed by atoms with Gasteiger partial charge in [0.2, 0.25) is 0 Å². The van der Waals surface area contributed by atoms with E-state index in [2.05, 4.69) is 23.5 Å². The van der Waals surface area contributed by atoms with Crippen LogP contribution in [0.15, 0.2) is 54.6 Å². The molecule has 2 rings (SSSR count). The molecule has 0 amide bonds. The zero-order valence-electron chi connectivity index (χ0n) is 12.3. The summed E-state index contributed by atoms with van der Waals surface area (Å²) in [5, 5.41) is 12.7. The van der Waals surface area contributed by atoms with Gasteiger partial charge in [0.05, 0.1) is 18.6 Å². The molecule has 3 nitrogen and oxygen atoms in total. The minimum Gasteiger partial charge on any atom is -0.380 e. The highest BCUT2D eigenvalue weighted by Gasteiger charge is 2.09. The predicted molar refractivity (Wildman–Crippen MR) is 83.7 cm³/mol. The van der Waals surface area contributed by atoms with Gasteiger partial charge in [0.15, 0.2) is 0 Å². The molecule has 0 spiro atoms. The van der Waals surface area contributed by atoms with E-state index < -0.39 is 0 Å². The number of benzene rings is 2. The smallest absolute Gasteiger partial charge is 0.0837 e. The Hall–Kier alpha value is -2.15. The van der Waals surface area contributed by atoms with E-state index in [1.807, 2.05) is 42.5 Å². The second-order valence-corrected chi connectivity index (χ2v) is 4.92. The molecule has 0 aliphatic heterocycles. The lowest BCUT2D eigenvalue weighted by Gasteiger charge is -2.13. The molecule has 0 bridgehead atoms. The van der Waals surface area contributed by atoms with Crippen molar-refractivity contribution in [2.45, 2.75) is 19.1 Å². The van der Waals surface area contributed by atoms with Gasteiger partial charge in [-0.05, 0) is 16.7 Å². The zero-order valence-corrected chi connectivity index (χ0v) is 12.3. The number of nitrogens with zero attached hydrogens (tertiary/aromatic N) is 1. The molecular formula is C18H20N2O. The Labute approximate surface area is 126 Å². The SMILES string of the molecule is COCc1ccccc1CNCC(C#N)c1ccccc1. The topological polar surface area (TPSA) is 45.0 Å². The van der Waals surface area contributed by atoms with E-state index in [0.717, 1.165) is 12.1 Å². The number of ether oxygens (including phenoxy) is 1. The monoisotopic (exact) mass is 280 g/mol. The third-order valence-corrected chi connectivity index (χ3v) is 3.44. The van der Waals surface area contributed by atoms with Crippen molar-refractivity contribution in [1.82, 2.24) is 5.32 Å². The van der Waals surface area contributed by atoms with E-state index in [1.54, 1.807) is 7.11 Å². The quantitative estimate of drug-likeness (QED) is 0.847. The molecule has 2 aromatic carbocycles. The Morgan fingerprint density at radius 1 is 1.05 bits per heavy atom. The molecule has 108 valence electrons. The van der Waals surface area contributed by atoms with Crippen LogP contribution in [0.4, 0.5) is 0 Å². The van der Waals surface area contributed by atoms with Gasteiger partial charge in [-0.1, -0.05) is 54.6 Å². The van der Waals surface area contributed by atoms with Crippen LogP contribution in [0.5, 0.6) is 0 Å². The van der Waals surface area contributed by atoms with Crippen LogP contribution < -0.4 is 5.32 Å². The Balaban J connectivity index is 1.93. The van der Waals surface area contributed by atoms with Gasteiger partial charge in [-0.15, -0.1) is 0 Å². The Bertz CT molecular complexity index is 590. The summed E-state index contributed by atoms with van der Waals surface area (Å²) in [6, 6.07) is 20.4. The largest absolute Gasteiger partial charge is 0.380 e. The van der Waals surface area contributed by atoms with Crippen molar-refractivity contribution in [1.29, 1.82) is 5.26 Å². The van der Waals surface area contributed by atoms with Gasteiger partial charge in [0, 0.05) is 20.2 Å². The summed E-state index contributed by atoms with van der Waals surface area (Å²) in [7, 11) is 1.70. The molecule has 1 atom stereocenters. The zero-order chi connectivity index (χ0) is 14.9. The number of nitriles is 1. The van der Waals surface area contributed by atoms with Crippen molar-refractivity contribution < 1.29 is 4.74 Å². The fourth-order valence-corrected chi connectivity index (χ4v) is 2.30. The molecule has 21 heavy (non-hydrogen) atoms. The standard InChI is InChI=1S/C18H20N2O/c1-21-14-17-10-6-5-9-16(17)12-20-13-18(11-19)15-7-3-2-4-8-15/h2-10,18,20H,12-14H2,1H3. The summed E-state index contributed by atoms with van der Waals surface area (Å²) in [6.07, 6.45) is 0. The van der Waals surface area contributed by atoms with Crippen molar-refractivity contribution >= 4 is 0 Å². The van der Waals surface area contributed by atoms with Gasteiger partial charge in [0.25, 0.3) is 0 Å². The minimum atomic E-state index is -0.124. The summed E-state index contributed by atoms with van der Waals surface area (Å²) in [5.41, 5.74) is 3.45. The molecule has 0 fully saturated rings. The third-order valence-electron chi connectivity index (χ3n) is 3.44. The lowest BCUT2D eigenvalue weighted by Crippen LogP contribution is -2.21. The minimum absolute atomic E-state index is 0.124. The fourth-order valence-electron chi connectivity index (χ4n) is 2.30. The Morgan fingerprint density at radius 3 is 2.38 bits per heavy atom. The van der Waals surface area contributed by atoms with Crippen molar-refractivity contribution in [3.8, 4) is 6.07 Å². The molecule has 0 heterocycles. The highest BCUT2D eigenvalue weighted by atomic mass is 16.5. The third kappa shape index (κ3) is 4.42. The first kappa shape index (κ1) is 15.2. The van der Waals surface area contributed by atoms with Crippen molar-refractivity contribution in [3.63, 3.8) is 0 Å². The van der Waals surface area contributed by atoms with Gasteiger partial charge in [-0.25, -0.2) is 0 Å². The van der Waals surface area contributed by atoms with Gasteiger partial charge < -0.3 is 10.1 Å². The average Bonchev–Trinajstić information content (AvgIpc) is 2.54. The maximum Gasteiger partial charge on any atom is 0.0837 e. The predicted octanol–water partition coefficient (Wildman–Crippen LogP) is 3.23. The van der Waals surface area contributed by atoms with Crippen LogP contribution in [0.2, 0.25) is 0 Å². The van der Waals surface area contributed by atoms with E-state index in [4.69, 9.17) is 4.74 Å². The fraction of sp³-hybridized carbons (Fsp3) is 0.278. The summed E-state index contributed by atoms with van der Waals surface area (Å²) >= 11 is 0. The van der Waals surface area contributed by atoms with Crippen LogP contribution in [0.25, 0.3) is 0 Å². The summed E-state index contributed by atoms with van der Waals surface area (Å²) in [4.78, 5) is 0. The maximum absolute atomic E-state index is 9.31. The lowest BCUT2D eigenvalue weighted by molar-refractivity contribution is 0.184. The average molecular weight is 280 g/mol. The molecule has 1 unspecified atom stereocenters. The first-order valence-electron chi connectivity index (χ1n) is 7.06. The van der Waals surface area contributed by atoms with Gasteiger partial charge in [-0.2, -0.15) is 5.26 Å². The van der Waals surface area contributed by atoms with Crippen molar-refractivity contribution in [2.24, 2.45) is 0 Å². The lowest BCUT2D eigenvalue weighted by atomic mass is 10.0. The van der Waals surface area contributed by atoms with Crippen LogP contribution >= 0.6 is 0 Å². The molecule has 0 aliphatic carbocycles. The summed E-state index contributed by atoms with van der Waals surface area (Å²) in [6.45, 7) is 1.99. The number of methoxy groups -OCH3 is 1. The summed E-state index contributed by atoms with van der Waals surface area (Å²) < 4.78 is 5.21. The van der Waals surface area contributed by atoms with Crippen LogP contribution in [0.1, 0.15) is 22.6 Å². The number of hydrogen-bond donors (Lipinski definition) is 1. The highest BCUT2D eigenvalue weighted by molar-refractivity contribution is 5.27. The highest BCUT2D eigenvalue weighted by Crippen LogP contribution is 2.14. The molecule has 0 saturated carbocycles. The van der Waals surface area contributed by atoms with Gasteiger partial charge in [-0.3, -0.25) is 0 Å². The molecule has 0 radical (unpaired) electrons. The molecule has 0 aromatic heterocycles. The van der Waals surface area contributed by atoms with Crippen LogP contribution in [0, 0.1) is 11.3 Å². The molecule has 1 N–H and O–H groups in total. The van der Waals surface area contributed by atoms with Crippen LogP contribution in [-0.4, -0.2) is 13.7 Å². The van der Waals surface area contributed by atoms with Crippen LogP contribution in [0.3, 0.4) is 0 Å². The van der Waals surface area contributed by atoms with E-state index in [1.165, 1.54) is 11.1 Å². The van der Waals surface area contributed by atoms with Crippen molar-refractivity contribution in [2.75, 3.05) is 13.7 Å². The maximum atomic E-state index is 9.31. The Morgan fingerprint density at radius 2 is 1.71 bits per heavy atom. The number of rotatable bonds is 7. The van der Waals surface area contributed by atoms with E-state index in [-0.39, 0.29) is 5.92 Å². The molecule has 2 aromatic rings. The second kappa shape index (κ2) is 8.21. The molecule has 0 saturated heterocycles. The number of nitrogens with one attached hydrogen (secondary N) is 1. The molecular weight excluding hydrogens is 260 g/mol. The van der Waals surface area contributed by atoms with Crippen molar-refractivity contribution in [3.05, 3.63) is 71.3 Å². The first-order valence-corrected chi connectivity index (χ1v) is 7.06. The summed E-state index contributed by atoms with van der Waals surface area (Å²) in [5.74, 6) is -0.124. The normalized spacial score (nSPS) is 11.8. The molecule has 0 aliphatic rings. The van der Waals surface area contributed by atoms with E-state index in [0.29, 0.717) is 13.2 Å². The first-order chi connectivity index (χ1) is 10.3. The van der Waals surface area contributed by atoms with Gasteiger partial charge >= 0.3 is 0 Å². The molecule has 3 heteroatoms.